The molecule has 0 aromatic heterocycles. The van der Waals surface area contributed by atoms with Gasteiger partial charge in [0.25, 0.3) is 0 Å². The summed E-state index contributed by atoms with van der Waals surface area (Å²) in [6.45, 7) is 5.56. The van der Waals surface area contributed by atoms with E-state index in [0.717, 1.165) is 18.3 Å². The summed E-state index contributed by atoms with van der Waals surface area (Å²) in [6.07, 6.45) is 0.951. The molecule has 2 nitrogen and oxygen atoms in total. The first kappa shape index (κ1) is 19.2. The Morgan fingerprint density at radius 1 is 0.920 bits per heavy atom. The number of hydrogen-bond donors (Lipinski definition) is 1. The summed E-state index contributed by atoms with van der Waals surface area (Å²) in [5, 5.41) is 10.3. The number of benzene rings is 2. The first-order valence-corrected chi connectivity index (χ1v) is 9.24. The van der Waals surface area contributed by atoms with Gasteiger partial charge in [0, 0.05) is 11.8 Å². The summed E-state index contributed by atoms with van der Waals surface area (Å²) in [7, 11) is -9.86. The van der Waals surface area contributed by atoms with Crippen molar-refractivity contribution in [3.05, 3.63) is 53.6 Å². The summed E-state index contributed by atoms with van der Waals surface area (Å²) < 4.78 is 65.6. The summed E-state index contributed by atoms with van der Waals surface area (Å²) in [5.74, 6) is -0.149. The van der Waals surface area contributed by atoms with Gasteiger partial charge in [-0.1, -0.05) is 64.5 Å². The highest BCUT2D eigenvalue weighted by Gasteiger charge is 2.66. The van der Waals surface area contributed by atoms with E-state index in [1.54, 1.807) is 12.1 Å². The molecule has 0 bridgehead atoms. The van der Waals surface area contributed by atoms with Gasteiger partial charge < -0.3 is 5.11 Å². The van der Waals surface area contributed by atoms with Crippen molar-refractivity contribution in [2.24, 2.45) is 4.99 Å². The third kappa shape index (κ3) is 4.50. The molecule has 0 saturated heterocycles. The molecule has 138 valence electrons. The molecular formula is C17H18F5NOS. The van der Waals surface area contributed by atoms with Gasteiger partial charge in [0.1, 0.15) is 10.6 Å². The Balaban J connectivity index is 2.54. The van der Waals surface area contributed by atoms with Crippen molar-refractivity contribution in [3.63, 3.8) is 0 Å². The molecular weight excluding hydrogens is 361 g/mol. The van der Waals surface area contributed by atoms with E-state index >= 15 is 0 Å². The molecule has 25 heavy (non-hydrogen) atoms. The Kier molecular flexibility index (Phi) is 4.00. The van der Waals surface area contributed by atoms with Gasteiger partial charge in [-0.05, 0) is 29.2 Å². The average molecular weight is 379 g/mol. The van der Waals surface area contributed by atoms with E-state index in [2.05, 4.69) is 4.99 Å². The van der Waals surface area contributed by atoms with Crippen LogP contribution in [0, 0.1) is 0 Å². The lowest BCUT2D eigenvalue weighted by atomic mass is 9.85. The third-order valence-electron chi connectivity index (χ3n) is 3.50. The Labute approximate surface area is 142 Å². The minimum atomic E-state index is -9.86. The Morgan fingerprint density at radius 3 is 2.08 bits per heavy atom. The third-order valence-corrected chi connectivity index (χ3v) is 4.68. The molecule has 0 aliphatic heterocycles. The van der Waals surface area contributed by atoms with E-state index in [1.807, 2.05) is 20.8 Å². The van der Waals surface area contributed by atoms with Gasteiger partial charge in [0.2, 0.25) is 0 Å². The van der Waals surface area contributed by atoms with Crippen molar-refractivity contribution in [3.8, 4) is 5.75 Å². The summed E-state index contributed by atoms with van der Waals surface area (Å²) in [4.78, 5) is 1.51. The maximum Gasteiger partial charge on any atom is 0.312 e. The van der Waals surface area contributed by atoms with Crippen molar-refractivity contribution < 1.29 is 24.5 Å². The second kappa shape index (κ2) is 5.20. The normalized spacial score (nSPS) is 15.8. The van der Waals surface area contributed by atoms with Gasteiger partial charge in [-0.25, -0.2) is 0 Å². The van der Waals surface area contributed by atoms with Gasteiger partial charge in [0.05, 0.1) is 5.69 Å². The topological polar surface area (TPSA) is 32.6 Å². The Hall–Kier alpha value is -2.09. The van der Waals surface area contributed by atoms with Gasteiger partial charge in [-0.15, -0.1) is 0 Å². The molecule has 2 aromatic carbocycles. The molecule has 0 heterocycles. The minimum absolute atomic E-state index is 0.143. The summed E-state index contributed by atoms with van der Waals surface area (Å²) in [5.41, 5.74) is -0.598. The molecule has 0 spiro atoms. The predicted octanol–water partition coefficient (Wildman–Crippen LogP) is 7.10. The van der Waals surface area contributed by atoms with Crippen LogP contribution in [0.2, 0.25) is 0 Å². The minimum Gasteiger partial charge on any atom is -0.507 e. The molecule has 0 aliphatic rings. The maximum atomic E-state index is 13.1. The van der Waals surface area contributed by atoms with Gasteiger partial charge in [0.15, 0.2) is 0 Å². The van der Waals surface area contributed by atoms with Gasteiger partial charge in [-0.2, -0.15) is 0 Å². The lowest BCUT2D eigenvalue weighted by Crippen LogP contribution is -2.11. The fourth-order valence-electron chi connectivity index (χ4n) is 2.30. The van der Waals surface area contributed by atoms with Crippen molar-refractivity contribution in [1.29, 1.82) is 0 Å². The molecule has 0 unspecified atom stereocenters. The standard InChI is InChI=1S/C17H18F5NOS/c1-17(2,3)13-8-6-7-12(16(13)24)11-23-14-9-4-5-10-15(14)25(18,19,20,21)22/h4-11,24H,1-3H3. The smallest absolute Gasteiger partial charge is 0.312 e. The fraction of sp³-hybridized carbons (Fsp3) is 0.235. The molecule has 0 aliphatic carbocycles. The lowest BCUT2D eigenvalue weighted by molar-refractivity contribution is 0.364. The van der Waals surface area contributed by atoms with Gasteiger partial charge >= 0.3 is 10.2 Å². The largest absolute Gasteiger partial charge is 0.507 e. The zero-order valence-corrected chi connectivity index (χ0v) is 14.6. The van der Waals surface area contributed by atoms with Crippen LogP contribution in [-0.4, -0.2) is 11.3 Å². The maximum absolute atomic E-state index is 13.1. The Morgan fingerprint density at radius 2 is 1.52 bits per heavy atom. The van der Waals surface area contributed by atoms with Crippen molar-refractivity contribution in [1.82, 2.24) is 0 Å². The van der Waals surface area contributed by atoms with E-state index in [-0.39, 0.29) is 11.3 Å². The highest BCUT2D eigenvalue weighted by atomic mass is 32.5. The number of phenolic OH excluding ortho intramolecular Hbond substituents is 1. The SMILES string of the molecule is CC(C)(C)c1cccc(C=Nc2ccccc2S(F)(F)(F)(F)F)c1O. The summed E-state index contributed by atoms with van der Waals surface area (Å²) in [6, 6.07) is 7.95. The molecule has 0 fully saturated rings. The Bertz CT molecular complexity index is 839. The fourth-order valence-corrected chi connectivity index (χ4v) is 3.15. The van der Waals surface area contributed by atoms with Crippen molar-refractivity contribution in [2.75, 3.05) is 0 Å². The van der Waals surface area contributed by atoms with Crippen molar-refractivity contribution >= 4 is 22.1 Å². The number of nitrogens with zero attached hydrogens (tertiary/aromatic N) is 1. The number of aliphatic imine (C=N–C) groups is 1. The molecule has 0 atom stereocenters. The van der Waals surface area contributed by atoms with Crippen LogP contribution in [0.3, 0.4) is 0 Å². The van der Waals surface area contributed by atoms with E-state index in [9.17, 15) is 24.5 Å². The lowest BCUT2D eigenvalue weighted by Gasteiger charge is -2.41. The van der Waals surface area contributed by atoms with Crippen LogP contribution in [0.25, 0.3) is 0 Å². The molecule has 1 N–H and O–H groups in total. The second-order valence-corrected chi connectivity index (χ2v) is 9.07. The average Bonchev–Trinajstić information content (AvgIpc) is 2.43. The van der Waals surface area contributed by atoms with Crippen LogP contribution >= 0.6 is 10.2 Å². The highest BCUT2D eigenvalue weighted by molar-refractivity contribution is 8.45. The zero-order chi connectivity index (χ0) is 19.2. The number of para-hydroxylation sites is 2. The van der Waals surface area contributed by atoms with Crippen molar-refractivity contribution in [2.45, 2.75) is 31.1 Å². The molecule has 0 amide bonds. The van der Waals surface area contributed by atoms with Crippen LogP contribution < -0.4 is 0 Å². The molecule has 2 aromatic rings. The van der Waals surface area contributed by atoms with E-state index in [1.165, 1.54) is 12.1 Å². The van der Waals surface area contributed by atoms with Crippen LogP contribution in [0.4, 0.5) is 25.1 Å². The summed E-state index contributed by atoms with van der Waals surface area (Å²) >= 11 is 0. The van der Waals surface area contributed by atoms with E-state index in [0.29, 0.717) is 11.6 Å². The first-order valence-electron chi connectivity index (χ1n) is 7.29. The van der Waals surface area contributed by atoms with Crippen LogP contribution in [0.1, 0.15) is 31.9 Å². The van der Waals surface area contributed by atoms with Gasteiger partial charge in [-0.3, -0.25) is 4.99 Å². The molecule has 0 radical (unpaired) electrons. The van der Waals surface area contributed by atoms with Crippen LogP contribution in [0.5, 0.6) is 5.75 Å². The van der Waals surface area contributed by atoms with Crippen LogP contribution in [0.15, 0.2) is 52.4 Å². The number of hydrogen-bond acceptors (Lipinski definition) is 2. The molecule has 0 saturated carbocycles. The van der Waals surface area contributed by atoms with E-state index in [4.69, 9.17) is 0 Å². The predicted molar refractivity (Wildman–Crippen MR) is 91.9 cm³/mol. The number of phenols is 1. The second-order valence-electron chi connectivity index (χ2n) is 6.69. The van der Waals surface area contributed by atoms with Crippen LogP contribution in [-0.2, 0) is 5.41 Å². The first-order chi connectivity index (χ1) is 11.1. The number of aromatic hydroxyl groups is 1. The quantitative estimate of drug-likeness (QED) is 0.448. The monoisotopic (exact) mass is 379 g/mol. The zero-order valence-electron chi connectivity index (χ0n) is 13.8. The van der Waals surface area contributed by atoms with E-state index < -0.39 is 26.2 Å². The number of halogens is 5. The molecule has 8 heteroatoms. The molecule has 2 rings (SSSR count). The number of rotatable bonds is 3. The highest BCUT2D eigenvalue weighted by Crippen LogP contribution is 3.03.